The normalized spacial score (nSPS) is 12.5. The fraction of sp³-hybridized carbons (Fsp3) is 0.222. The number of benzene rings is 2. The Morgan fingerprint density at radius 2 is 1.87 bits per heavy atom. The van der Waals surface area contributed by atoms with Crippen LogP contribution < -0.4 is 11.1 Å². The van der Waals surface area contributed by atoms with Crippen molar-refractivity contribution in [3.8, 4) is 22.3 Å². The average molecular weight is 538 g/mol. The first kappa shape index (κ1) is 27.0. The van der Waals surface area contributed by atoms with Crippen LogP contribution in [0.15, 0.2) is 72.0 Å². The summed E-state index contributed by atoms with van der Waals surface area (Å²) >= 11 is 0. The number of aliphatic hydroxyl groups excluding tert-OH is 1. The van der Waals surface area contributed by atoms with Gasteiger partial charge in [0.1, 0.15) is 11.6 Å². The average Bonchev–Trinajstić information content (AvgIpc) is 3.38. The summed E-state index contributed by atoms with van der Waals surface area (Å²) in [5.74, 6) is -1.36. The molecule has 1 atom stereocenters. The van der Waals surface area contributed by atoms with E-state index in [9.17, 15) is 18.3 Å². The van der Waals surface area contributed by atoms with Crippen LogP contribution in [-0.2, 0) is 9.84 Å². The van der Waals surface area contributed by atoms with E-state index in [0.717, 1.165) is 17.4 Å². The second-order valence-corrected chi connectivity index (χ2v) is 11.2. The van der Waals surface area contributed by atoms with Gasteiger partial charge in [-0.1, -0.05) is 18.2 Å². The van der Waals surface area contributed by atoms with Gasteiger partial charge < -0.3 is 16.2 Å². The van der Waals surface area contributed by atoms with Crippen molar-refractivity contribution in [1.82, 2.24) is 20.1 Å². The summed E-state index contributed by atoms with van der Waals surface area (Å²) in [6, 6.07) is 11.0. The summed E-state index contributed by atoms with van der Waals surface area (Å²) < 4.78 is 40.7. The number of aliphatic hydroxyl groups is 1. The van der Waals surface area contributed by atoms with E-state index in [2.05, 4.69) is 15.4 Å². The molecule has 4 rings (SSSR count). The first-order valence-corrected chi connectivity index (χ1v) is 13.7. The van der Waals surface area contributed by atoms with Gasteiger partial charge in [-0.2, -0.15) is 5.10 Å². The molecular weight excluding hydrogens is 509 g/mol. The molecule has 0 aliphatic carbocycles. The molecule has 0 aliphatic heterocycles. The van der Waals surface area contributed by atoms with Gasteiger partial charge in [0, 0.05) is 41.4 Å². The monoisotopic (exact) mass is 537 g/mol. The van der Waals surface area contributed by atoms with Crippen LogP contribution >= 0.6 is 0 Å². The number of hydrogen-bond acceptors (Lipinski definition) is 7. The van der Waals surface area contributed by atoms with Crippen molar-refractivity contribution in [2.75, 3.05) is 18.6 Å². The van der Waals surface area contributed by atoms with Gasteiger partial charge in [-0.05, 0) is 55.3 Å². The van der Waals surface area contributed by atoms with E-state index in [1.165, 1.54) is 30.3 Å². The van der Waals surface area contributed by atoms with Gasteiger partial charge in [-0.25, -0.2) is 17.8 Å². The molecular formula is C27H28FN5O4S. The highest BCUT2D eigenvalue weighted by Gasteiger charge is 2.20. The molecule has 1 unspecified atom stereocenters. The number of nitrogens with one attached hydrogen (secondary N) is 1. The number of anilines is 1. The van der Waals surface area contributed by atoms with E-state index in [-0.39, 0.29) is 22.3 Å². The zero-order valence-corrected chi connectivity index (χ0v) is 21.9. The van der Waals surface area contributed by atoms with Crippen molar-refractivity contribution in [2.45, 2.75) is 30.8 Å². The number of nitrogens with two attached hydrogens (primary N) is 1. The number of hydrogen-bond donors (Lipinski definition) is 3. The number of nitrogen functional groups attached to an aromatic ring is 1. The standard InChI is InChI=1S/C27H28FN5O4S/c1-16(2)33-14-20(13-31-33)19-10-23(26(29)30-12-19)17-7-8-22(24(28)11-17)27(35)32-25(15-34)18-5-4-6-21(9-18)38(3,36)37/h4-14,16,25,34H,15H2,1-3H3,(H2,29,30)(H,32,35). The number of pyridine rings is 1. The van der Waals surface area contributed by atoms with E-state index in [4.69, 9.17) is 5.73 Å². The van der Waals surface area contributed by atoms with Crippen molar-refractivity contribution < 1.29 is 22.7 Å². The maximum Gasteiger partial charge on any atom is 0.254 e. The molecule has 38 heavy (non-hydrogen) atoms. The molecule has 0 saturated heterocycles. The Labute approximate surface area is 220 Å². The summed E-state index contributed by atoms with van der Waals surface area (Å²) in [4.78, 5) is 17.2. The van der Waals surface area contributed by atoms with Crippen molar-refractivity contribution in [2.24, 2.45) is 0 Å². The van der Waals surface area contributed by atoms with Crippen LogP contribution in [0.1, 0.15) is 41.9 Å². The molecule has 9 nitrogen and oxygen atoms in total. The summed E-state index contributed by atoms with van der Waals surface area (Å²) in [6.07, 6.45) is 6.28. The Bertz CT molecular complexity index is 1600. The number of aromatic nitrogens is 3. The third-order valence-corrected chi connectivity index (χ3v) is 7.19. The number of sulfone groups is 1. The zero-order chi connectivity index (χ0) is 27.6. The maximum absolute atomic E-state index is 15.1. The van der Waals surface area contributed by atoms with Gasteiger partial charge in [-0.3, -0.25) is 9.48 Å². The Kier molecular flexibility index (Phi) is 7.61. The second-order valence-electron chi connectivity index (χ2n) is 9.21. The molecule has 11 heteroatoms. The van der Waals surface area contributed by atoms with Gasteiger partial charge in [0.05, 0.1) is 29.3 Å². The Morgan fingerprint density at radius 1 is 1.11 bits per heavy atom. The fourth-order valence-electron chi connectivity index (χ4n) is 3.93. The van der Waals surface area contributed by atoms with Crippen molar-refractivity contribution in [3.63, 3.8) is 0 Å². The Morgan fingerprint density at radius 3 is 2.50 bits per heavy atom. The van der Waals surface area contributed by atoms with E-state index < -0.39 is 34.2 Å². The lowest BCUT2D eigenvalue weighted by molar-refractivity contribution is 0.0912. The topological polar surface area (TPSA) is 140 Å². The van der Waals surface area contributed by atoms with Gasteiger partial charge in [0.2, 0.25) is 0 Å². The largest absolute Gasteiger partial charge is 0.394 e. The Hall–Kier alpha value is -4.09. The minimum absolute atomic E-state index is 0.0446. The molecule has 0 spiro atoms. The number of halogens is 1. The van der Waals surface area contributed by atoms with E-state index in [1.807, 2.05) is 24.7 Å². The quantitative estimate of drug-likeness (QED) is 0.311. The van der Waals surface area contributed by atoms with Gasteiger partial charge in [0.15, 0.2) is 9.84 Å². The predicted molar refractivity (Wildman–Crippen MR) is 142 cm³/mol. The molecule has 0 radical (unpaired) electrons. The molecule has 1 amide bonds. The number of nitrogens with zero attached hydrogens (tertiary/aromatic N) is 3. The Balaban J connectivity index is 1.59. The molecule has 4 aromatic rings. The minimum atomic E-state index is -3.49. The van der Waals surface area contributed by atoms with Gasteiger partial charge in [0.25, 0.3) is 5.91 Å². The van der Waals surface area contributed by atoms with E-state index in [0.29, 0.717) is 16.7 Å². The zero-order valence-electron chi connectivity index (χ0n) is 21.1. The van der Waals surface area contributed by atoms with Crippen LogP contribution in [0.5, 0.6) is 0 Å². The van der Waals surface area contributed by atoms with Crippen LogP contribution in [0.4, 0.5) is 10.2 Å². The SMILES string of the molecule is CC(C)n1cc(-c2cnc(N)c(-c3ccc(C(=O)NC(CO)c4cccc(S(C)(=O)=O)c4)c(F)c3)c2)cn1. The molecule has 198 valence electrons. The lowest BCUT2D eigenvalue weighted by Gasteiger charge is -2.18. The summed E-state index contributed by atoms with van der Waals surface area (Å²) in [5.41, 5.74) is 8.73. The summed E-state index contributed by atoms with van der Waals surface area (Å²) in [7, 11) is -3.49. The van der Waals surface area contributed by atoms with Crippen LogP contribution in [-0.4, -0.2) is 47.1 Å². The molecule has 2 aromatic carbocycles. The van der Waals surface area contributed by atoms with Crippen molar-refractivity contribution >= 4 is 21.6 Å². The number of carbonyl (C=O) groups is 1. The fourth-order valence-corrected chi connectivity index (χ4v) is 4.61. The van der Waals surface area contributed by atoms with Crippen molar-refractivity contribution in [3.05, 3.63) is 84.1 Å². The molecule has 4 N–H and O–H groups in total. The highest BCUT2D eigenvalue weighted by Crippen LogP contribution is 2.31. The number of amides is 1. The molecule has 0 fully saturated rings. The van der Waals surface area contributed by atoms with Crippen LogP contribution in [0.2, 0.25) is 0 Å². The summed E-state index contributed by atoms with van der Waals surface area (Å²) in [5, 5.41) is 16.7. The number of carbonyl (C=O) groups excluding carboxylic acids is 1. The van der Waals surface area contributed by atoms with Gasteiger partial charge >= 0.3 is 0 Å². The predicted octanol–water partition coefficient (Wildman–Crippen LogP) is 3.78. The third kappa shape index (κ3) is 5.74. The van der Waals surface area contributed by atoms with E-state index >= 15 is 4.39 Å². The summed E-state index contributed by atoms with van der Waals surface area (Å²) in [6.45, 7) is 3.51. The number of rotatable bonds is 8. The second kappa shape index (κ2) is 10.7. The molecule has 2 heterocycles. The third-order valence-electron chi connectivity index (χ3n) is 6.08. The van der Waals surface area contributed by atoms with E-state index in [1.54, 1.807) is 30.6 Å². The van der Waals surface area contributed by atoms with Crippen LogP contribution in [0.3, 0.4) is 0 Å². The smallest absolute Gasteiger partial charge is 0.254 e. The van der Waals surface area contributed by atoms with Gasteiger partial charge in [-0.15, -0.1) is 0 Å². The maximum atomic E-state index is 15.1. The molecule has 0 saturated carbocycles. The first-order valence-electron chi connectivity index (χ1n) is 11.8. The highest BCUT2D eigenvalue weighted by atomic mass is 32.2. The molecule has 0 aliphatic rings. The first-order chi connectivity index (χ1) is 18.0. The lowest BCUT2D eigenvalue weighted by Crippen LogP contribution is -2.31. The molecule has 2 aromatic heterocycles. The van der Waals surface area contributed by atoms with Crippen molar-refractivity contribution in [1.29, 1.82) is 0 Å². The minimum Gasteiger partial charge on any atom is -0.394 e. The van der Waals surface area contributed by atoms with Crippen LogP contribution in [0.25, 0.3) is 22.3 Å². The molecule has 0 bridgehead atoms. The van der Waals surface area contributed by atoms with Crippen LogP contribution in [0, 0.1) is 5.82 Å². The lowest BCUT2D eigenvalue weighted by atomic mass is 10.0. The highest BCUT2D eigenvalue weighted by molar-refractivity contribution is 7.90.